The van der Waals surface area contributed by atoms with Crippen LogP contribution in [-0.2, 0) is 6.42 Å². The first-order valence-corrected chi connectivity index (χ1v) is 12.5. The zero-order valence-electron chi connectivity index (χ0n) is 21.7. The first kappa shape index (κ1) is 26.5. The molecule has 0 aliphatic carbocycles. The van der Waals surface area contributed by atoms with Crippen LogP contribution in [-0.4, -0.2) is 47.7 Å². The second kappa shape index (κ2) is 12.1. The molecule has 3 aromatic carbocycles. The molecule has 0 spiro atoms. The van der Waals surface area contributed by atoms with Gasteiger partial charge < -0.3 is 25.5 Å². The summed E-state index contributed by atoms with van der Waals surface area (Å²) in [7, 11) is 1.58. The highest BCUT2D eigenvalue weighted by molar-refractivity contribution is 5.97. The van der Waals surface area contributed by atoms with E-state index in [9.17, 15) is 14.7 Å². The van der Waals surface area contributed by atoms with Crippen molar-refractivity contribution in [3.8, 4) is 17.6 Å². The van der Waals surface area contributed by atoms with Crippen molar-refractivity contribution in [2.75, 3.05) is 13.7 Å². The van der Waals surface area contributed by atoms with E-state index in [-0.39, 0.29) is 24.5 Å². The topological polar surface area (TPSA) is 103 Å². The summed E-state index contributed by atoms with van der Waals surface area (Å²) in [5.41, 5.74) is 4.30. The monoisotopic (exact) mass is 509 g/mol. The first-order valence-electron chi connectivity index (χ1n) is 12.5. The quantitative estimate of drug-likeness (QED) is 0.269. The van der Waals surface area contributed by atoms with E-state index in [4.69, 9.17) is 4.74 Å². The van der Waals surface area contributed by atoms with Gasteiger partial charge in [0, 0.05) is 40.8 Å². The SMILES string of the molecule is CNC(=O)c1ccc(C#Cc2ccc(OC(C)C)c(C(=O)N[C@@H](CO)Cc3c[nH]c4ccccc34)c2)cc1. The lowest BCUT2D eigenvalue weighted by molar-refractivity contribution is 0.0909. The number of carbonyl (C=O) groups excluding carboxylic acids is 2. The van der Waals surface area contributed by atoms with E-state index in [0.717, 1.165) is 22.0 Å². The molecule has 0 aliphatic rings. The number of nitrogens with one attached hydrogen (secondary N) is 3. The van der Waals surface area contributed by atoms with Crippen LogP contribution >= 0.6 is 0 Å². The number of ether oxygens (including phenoxy) is 1. The Hall–Kier alpha value is -4.54. The van der Waals surface area contributed by atoms with Crippen LogP contribution in [0.1, 0.15) is 51.3 Å². The minimum absolute atomic E-state index is 0.128. The molecular weight excluding hydrogens is 478 g/mol. The minimum atomic E-state index is -0.484. The van der Waals surface area contributed by atoms with E-state index < -0.39 is 6.04 Å². The van der Waals surface area contributed by atoms with Gasteiger partial charge in [-0.05, 0) is 74.4 Å². The van der Waals surface area contributed by atoms with E-state index in [1.807, 2.05) is 44.3 Å². The number of rotatable bonds is 8. The molecule has 4 rings (SSSR count). The molecule has 2 amide bonds. The fraction of sp³-hybridized carbons (Fsp3) is 0.226. The predicted molar refractivity (Wildman–Crippen MR) is 148 cm³/mol. The van der Waals surface area contributed by atoms with Crippen LogP contribution in [0.15, 0.2) is 72.9 Å². The van der Waals surface area contributed by atoms with Crippen molar-refractivity contribution in [3.05, 3.63) is 101 Å². The van der Waals surface area contributed by atoms with E-state index in [2.05, 4.69) is 27.5 Å². The van der Waals surface area contributed by atoms with Crippen molar-refractivity contribution in [2.24, 2.45) is 0 Å². The maximum absolute atomic E-state index is 13.4. The lowest BCUT2D eigenvalue weighted by Gasteiger charge is -2.19. The van der Waals surface area contributed by atoms with Gasteiger partial charge in [0.25, 0.3) is 11.8 Å². The van der Waals surface area contributed by atoms with Gasteiger partial charge in [-0.2, -0.15) is 0 Å². The summed E-state index contributed by atoms with van der Waals surface area (Å²) < 4.78 is 5.89. The van der Waals surface area contributed by atoms with E-state index in [1.54, 1.807) is 49.5 Å². The van der Waals surface area contributed by atoms with Gasteiger partial charge in [0.05, 0.1) is 24.3 Å². The molecule has 38 heavy (non-hydrogen) atoms. The smallest absolute Gasteiger partial charge is 0.255 e. The molecule has 7 nitrogen and oxygen atoms in total. The number of para-hydroxylation sites is 1. The van der Waals surface area contributed by atoms with Crippen LogP contribution in [0.25, 0.3) is 10.9 Å². The number of benzene rings is 3. The first-order chi connectivity index (χ1) is 18.4. The van der Waals surface area contributed by atoms with Gasteiger partial charge in [-0.25, -0.2) is 0 Å². The number of aromatic amines is 1. The van der Waals surface area contributed by atoms with Crippen molar-refractivity contribution in [1.82, 2.24) is 15.6 Å². The molecule has 0 bridgehead atoms. The third kappa shape index (κ3) is 6.41. The number of aromatic nitrogens is 1. The number of aliphatic hydroxyl groups excluding tert-OH is 1. The highest BCUT2D eigenvalue weighted by Gasteiger charge is 2.19. The molecule has 0 saturated carbocycles. The summed E-state index contributed by atoms with van der Waals surface area (Å²) in [5, 5.41) is 16.6. The molecule has 1 heterocycles. The summed E-state index contributed by atoms with van der Waals surface area (Å²) >= 11 is 0. The van der Waals surface area contributed by atoms with E-state index in [1.165, 1.54) is 0 Å². The second-order valence-corrected chi connectivity index (χ2v) is 9.20. The van der Waals surface area contributed by atoms with Crippen LogP contribution in [0.3, 0.4) is 0 Å². The van der Waals surface area contributed by atoms with Crippen molar-refractivity contribution in [2.45, 2.75) is 32.4 Å². The normalized spacial score (nSPS) is 11.5. The fourth-order valence-corrected chi connectivity index (χ4v) is 4.13. The van der Waals surface area contributed by atoms with Gasteiger partial charge in [-0.3, -0.25) is 9.59 Å². The van der Waals surface area contributed by atoms with Crippen LogP contribution in [0.4, 0.5) is 0 Å². The number of aliphatic hydroxyl groups is 1. The molecule has 4 N–H and O–H groups in total. The molecule has 0 fully saturated rings. The van der Waals surface area contributed by atoms with E-state index >= 15 is 0 Å². The van der Waals surface area contributed by atoms with Crippen LogP contribution in [0.2, 0.25) is 0 Å². The van der Waals surface area contributed by atoms with Crippen LogP contribution < -0.4 is 15.4 Å². The third-order valence-corrected chi connectivity index (χ3v) is 6.01. The Balaban J connectivity index is 1.55. The molecule has 0 unspecified atom stereocenters. The van der Waals surface area contributed by atoms with Gasteiger partial charge >= 0.3 is 0 Å². The average Bonchev–Trinajstić information content (AvgIpc) is 3.34. The summed E-state index contributed by atoms with van der Waals surface area (Å²) in [6.45, 7) is 3.58. The van der Waals surface area contributed by atoms with Crippen LogP contribution in [0, 0.1) is 11.8 Å². The van der Waals surface area contributed by atoms with Gasteiger partial charge in [0.15, 0.2) is 0 Å². The lowest BCUT2D eigenvalue weighted by Crippen LogP contribution is -2.39. The summed E-state index contributed by atoms with van der Waals surface area (Å²) in [5.74, 6) is 6.09. The molecule has 0 radical (unpaired) electrons. The second-order valence-electron chi connectivity index (χ2n) is 9.20. The highest BCUT2D eigenvalue weighted by Crippen LogP contribution is 2.23. The number of H-pyrrole nitrogens is 1. The molecule has 4 aromatic rings. The number of amides is 2. The molecule has 1 atom stereocenters. The lowest BCUT2D eigenvalue weighted by atomic mass is 10.0. The van der Waals surface area contributed by atoms with Gasteiger partial charge in [0.1, 0.15) is 5.75 Å². The Morgan fingerprint density at radius 2 is 1.68 bits per heavy atom. The highest BCUT2D eigenvalue weighted by atomic mass is 16.5. The van der Waals surface area contributed by atoms with Gasteiger partial charge in [-0.1, -0.05) is 30.0 Å². The summed E-state index contributed by atoms with van der Waals surface area (Å²) in [6, 6.07) is 19.6. The Kier molecular flexibility index (Phi) is 8.47. The van der Waals surface area contributed by atoms with E-state index in [0.29, 0.717) is 28.9 Å². The molecule has 1 aromatic heterocycles. The van der Waals surface area contributed by atoms with Crippen LogP contribution in [0.5, 0.6) is 5.75 Å². The molecular formula is C31H31N3O4. The van der Waals surface area contributed by atoms with Crippen molar-refractivity contribution >= 4 is 22.7 Å². The zero-order chi connectivity index (χ0) is 27.1. The largest absolute Gasteiger partial charge is 0.490 e. The third-order valence-electron chi connectivity index (χ3n) is 6.01. The molecule has 194 valence electrons. The van der Waals surface area contributed by atoms with Crippen molar-refractivity contribution < 1.29 is 19.4 Å². The Morgan fingerprint density at radius 3 is 2.39 bits per heavy atom. The minimum Gasteiger partial charge on any atom is -0.490 e. The fourth-order valence-electron chi connectivity index (χ4n) is 4.13. The Labute approximate surface area is 222 Å². The Bertz CT molecular complexity index is 1490. The van der Waals surface area contributed by atoms with Crippen molar-refractivity contribution in [1.29, 1.82) is 0 Å². The predicted octanol–water partition coefficient (Wildman–Crippen LogP) is 4.05. The number of hydrogen-bond donors (Lipinski definition) is 4. The standard InChI is InChI=1S/C31H31N3O4/c1-20(2)38-29-15-12-22(9-8-21-10-13-23(14-11-21)30(36)32-3)16-27(29)31(37)34-25(19-35)17-24-18-33-28-7-5-4-6-26(24)28/h4-7,10-16,18,20,25,33,35H,17,19H2,1-3H3,(H,32,36)(H,34,37)/t25-/m1/s1. The van der Waals surface area contributed by atoms with Gasteiger partial charge in [-0.15, -0.1) is 0 Å². The Morgan fingerprint density at radius 1 is 0.974 bits per heavy atom. The molecule has 0 aliphatic heterocycles. The summed E-state index contributed by atoms with van der Waals surface area (Å²) in [4.78, 5) is 28.3. The molecule has 7 heteroatoms. The maximum atomic E-state index is 13.4. The average molecular weight is 510 g/mol. The van der Waals surface area contributed by atoms with Gasteiger partial charge in [0.2, 0.25) is 0 Å². The number of fused-ring (bicyclic) bond motifs is 1. The molecule has 0 saturated heterocycles. The van der Waals surface area contributed by atoms with Crippen molar-refractivity contribution in [3.63, 3.8) is 0 Å². The zero-order valence-corrected chi connectivity index (χ0v) is 21.7. The number of carbonyl (C=O) groups is 2. The summed E-state index contributed by atoms with van der Waals surface area (Å²) in [6.07, 6.45) is 2.25. The maximum Gasteiger partial charge on any atom is 0.255 e. The number of hydrogen-bond acceptors (Lipinski definition) is 4.